The fourth-order valence-electron chi connectivity index (χ4n) is 2.30. The Labute approximate surface area is 108 Å². The Morgan fingerprint density at radius 3 is 3.06 bits per heavy atom. The number of aromatic nitrogens is 1. The van der Waals surface area contributed by atoms with Crippen LogP contribution in [-0.4, -0.2) is 49.6 Å². The summed E-state index contributed by atoms with van der Waals surface area (Å²) < 4.78 is 25.0. The van der Waals surface area contributed by atoms with Gasteiger partial charge < -0.3 is 5.32 Å². The van der Waals surface area contributed by atoms with Crippen LogP contribution in [0.15, 0.2) is 24.5 Å². The number of piperazine rings is 1. The van der Waals surface area contributed by atoms with Gasteiger partial charge in [0.15, 0.2) is 0 Å². The van der Waals surface area contributed by atoms with Crippen molar-refractivity contribution in [2.75, 3.05) is 25.9 Å². The molecular formula is C12H19N3O2S. The number of rotatable bonds is 4. The van der Waals surface area contributed by atoms with Crippen LogP contribution < -0.4 is 5.32 Å². The molecule has 1 aromatic heterocycles. The van der Waals surface area contributed by atoms with Gasteiger partial charge in [-0.2, -0.15) is 4.31 Å². The number of pyridine rings is 1. The standard InChI is InChI=1S/C12H19N3O2S/c1-18(16,17)15-8-7-14-10-12(15)5-4-11-3-2-6-13-9-11/h2-3,6,9,12,14H,4-5,7-8,10H2,1H3. The Hall–Kier alpha value is -0.980. The van der Waals surface area contributed by atoms with Crippen molar-refractivity contribution in [3.63, 3.8) is 0 Å². The topological polar surface area (TPSA) is 62.3 Å². The van der Waals surface area contributed by atoms with Crippen molar-refractivity contribution in [1.29, 1.82) is 0 Å². The fraction of sp³-hybridized carbons (Fsp3) is 0.583. The summed E-state index contributed by atoms with van der Waals surface area (Å²) in [5.41, 5.74) is 1.15. The van der Waals surface area contributed by atoms with E-state index in [9.17, 15) is 8.42 Å². The number of sulfonamides is 1. The van der Waals surface area contributed by atoms with Crippen LogP contribution in [0.25, 0.3) is 0 Å². The first-order chi connectivity index (χ1) is 8.57. The molecule has 1 aromatic rings. The van der Waals surface area contributed by atoms with Crippen molar-refractivity contribution in [2.24, 2.45) is 0 Å². The van der Waals surface area contributed by atoms with Gasteiger partial charge in [-0.3, -0.25) is 4.98 Å². The first-order valence-corrected chi connectivity index (χ1v) is 7.98. The fourth-order valence-corrected chi connectivity index (χ4v) is 3.45. The predicted molar refractivity (Wildman–Crippen MR) is 70.8 cm³/mol. The van der Waals surface area contributed by atoms with Crippen molar-refractivity contribution in [1.82, 2.24) is 14.6 Å². The third kappa shape index (κ3) is 3.51. The SMILES string of the molecule is CS(=O)(=O)N1CCNCC1CCc1cccnc1. The number of nitrogens with zero attached hydrogens (tertiary/aromatic N) is 2. The molecule has 1 fully saturated rings. The largest absolute Gasteiger partial charge is 0.314 e. The molecule has 2 rings (SSSR count). The molecule has 0 aliphatic carbocycles. The van der Waals surface area contributed by atoms with Crippen molar-refractivity contribution in [2.45, 2.75) is 18.9 Å². The van der Waals surface area contributed by atoms with Gasteiger partial charge in [-0.1, -0.05) is 6.07 Å². The van der Waals surface area contributed by atoms with Crippen LogP contribution >= 0.6 is 0 Å². The van der Waals surface area contributed by atoms with E-state index < -0.39 is 10.0 Å². The molecule has 1 aliphatic heterocycles. The van der Waals surface area contributed by atoms with E-state index in [0.717, 1.165) is 31.5 Å². The normalized spacial score (nSPS) is 21.9. The lowest BCUT2D eigenvalue weighted by Crippen LogP contribution is -2.53. The highest BCUT2D eigenvalue weighted by Crippen LogP contribution is 2.14. The molecule has 0 aromatic carbocycles. The molecule has 1 saturated heterocycles. The second-order valence-corrected chi connectivity index (χ2v) is 6.57. The van der Waals surface area contributed by atoms with Gasteiger partial charge in [0.05, 0.1) is 6.26 Å². The van der Waals surface area contributed by atoms with Gasteiger partial charge in [-0.25, -0.2) is 8.42 Å². The molecule has 0 spiro atoms. The van der Waals surface area contributed by atoms with Gasteiger partial charge in [0.2, 0.25) is 10.0 Å². The maximum absolute atomic E-state index is 11.7. The number of hydrogen-bond acceptors (Lipinski definition) is 4. The average molecular weight is 269 g/mol. The van der Waals surface area contributed by atoms with E-state index in [0.29, 0.717) is 6.54 Å². The summed E-state index contributed by atoms with van der Waals surface area (Å²) in [4.78, 5) is 4.07. The zero-order chi connectivity index (χ0) is 13.0. The van der Waals surface area contributed by atoms with E-state index in [-0.39, 0.29) is 6.04 Å². The summed E-state index contributed by atoms with van der Waals surface area (Å²) in [7, 11) is -3.10. The Bertz CT molecular complexity index is 475. The van der Waals surface area contributed by atoms with E-state index in [1.165, 1.54) is 6.26 Å². The summed E-state index contributed by atoms with van der Waals surface area (Å²) in [6, 6.07) is 3.98. The molecule has 18 heavy (non-hydrogen) atoms. The summed E-state index contributed by atoms with van der Waals surface area (Å²) in [5, 5.41) is 3.25. The molecule has 5 nitrogen and oxygen atoms in total. The summed E-state index contributed by atoms with van der Waals surface area (Å²) in [5.74, 6) is 0. The average Bonchev–Trinajstić information content (AvgIpc) is 2.37. The quantitative estimate of drug-likeness (QED) is 0.851. The van der Waals surface area contributed by atoms with Crippen LogP contribution in [0.3, 0.4) is 0 Å². The second-order valence-electron chi connectivity index (χ2n) is 4.63. The van der Waals surface area contributed by atoms with Gasteiger partial charge in [0.1, 0.15) is 0 Å². The molecule has 100 valence electrons. The molecule has 0 saturated carbocycles. The highest BCUT2D eigenvalue weighted by Gasteiger charge is 2.28. The maximum Gasteiger partial charge on any atom is 0.211 e. The Morgan fingerprint density at radius 2 is 2.39 bits per heavy atom. The van der Waals surface area contributed by atoms with Gasteiger partial charge >= 0.3 is 0 Å². The molecular weight excluding hydrogens is 250 g/mol. The lowest BCUT2D eigenvalue weighted by molar-refractivity contribution is 0.257. The first-order valence-electron chi connectivity index (χ1n) is 6.14. The molecule has 1 atom stereocenters. The van der Waals surface area contributed by atoms with Gasteiger partial charge in [-0.15, -0.1) is 0 Å². The van der Waals surface area contributed by atoms with Crippen molar-refractivity contribution >= 4 is 10.0 Å². The van der Waals surface area contributed by atoms with Crippen molar-refractivity contribution in [3.8, 4) is 0 Å². The smallest absolute Gasteiger partial charge is 0.211 e. The Balaban J connectivity index is 1.98. The number of hydrogen-bond donors (Lipinski definition) is 1. The van der Waals surface area contributed by atoms with Gasteiger partial charge in [-0.05, 0) is 24.5 Å². The van der Waals surface area contributed by atoms with Crippen LogP contribution in [0.1, 0.15) is 12.0 Å². The zero-order valence-corrected chi connectivity index (χ0v) is 11.4. The van der Waals surface area contributed by atoms with E-state index in [2.05, 4.69) is 10.3 Å². The summed E-state index contributed by atoms with van der Waals surface area (Å²) >= 11 is 0. The number of nitrogens with one attached hydrogen (secondary N) is 1. The molecule has 1 aliphatic rings. The lowest BCUT2D eigenvalue weighted by Gasteiger charge is -2.34. The molecule has 6 heteroatoms. The highest BCUT2D eigenvalue weighted by molar-refractivity contribution is 7.88. The molecule has 2 heterocycles. The van der Waals surface area contributed by atoms with Crippen molar-refractivity contribution in [3.05, 3.63) is 30.1 Å². The van der Waals surface area contributed by atoms with Crippen LogP contribution in [0.2, 0.25) is 0 Å². The van der Waals surface area contributed by atoms with Crippen LogP contribution in [-0.2, 0) is 16.4 Å². The van der Waals surface area contributed by atoms with E-state index in [1.54, 1.807) is 10.5 Å². The Morgan fingerprint density at radius 1 is 1.56 bits per heavy atom. The summed E-state index contributed by atoms with van der Waals surface area (Å²) in [6.07, 6.45) is 6.54. The van der Waals surface area contributed by atoms with Crippen LogP contribution in [0, 0.1) is 0 Å². The van der Waals surface area contributed by atoms with Crippen LogP contribution in [0.5, 0.6) is 0 Å². The van der Waals surface area contributed by atoms with Gasteiger partial charge in [0.25, 0.3) is 0 Å². The summed E-state index contributed by atoms with van der Waals surface area (Å²) in [6.45, 7) is 2.03. The van der Waals surface area contributed by atoms with E-state index in [4.69, 9.17) is 0 Å². The minimum atomic E-state index is -3.10. The maximum atomic E-state index is 11.7. The zero-order valence-electron chi connectivity index (χ0n) is 10.5. The predicted octanol–water partition coefficient (Wildman–Crippen LogP) is 0.248. The molecule has 0 bridgehead atoms. The molecule has 0 radical (unpaired) electrons. The number of aryl methyl sites for hydroxylation is 1. The molecule has 1 unspecified atom stereocenters. The van der Waals surface area contributed by atoms with Crippen LogP contribution in [0.4, 0.5) is 0 Å². The van der Waals surface area contributed by atoms with E-state index in [1.807, 2.05) is 18.3 Å². The highest BCUT2D eigenvalue weighted by atomic mass is 32.2. The second kappa shape index (κ2) is 5.77. The monoisotopic (exact) mass is 269 g/mol. The van der Waals surface area contributed by atoms with Gasteiger partial charge in [0, 0.05) is 38.1 Å². The minimum Gasteiger partial charge on any atom is -0.314 e. The minimum absolute atomic E-state index is 0.0500. The lowest BCUT2D eigenvalue weighted by atomic mass is 10.1. The third-order valence-electron chi connectivity index (χ3n) is 3.21. The molecule has 0 amide bonds. The molecule has 1 N–H and O–H groups in total. The van der Waals surface area contributed by atoms with Crippen molar-refractivity contribution < 1.29 is 8.42 Å². The Kier molecular flexibility index (Phi) is 4.31. The third-order valence-corrected chi connectivity index (χ3v) is 4.54. The van der Waals surface area contributed by atoms with E-state index >= 15 is 0 Å². The first kappa shape index (κ1) is 13.5.